The van der Waals surface area contributed by atoms with Crippen LogP contribution in [-0.4, -0.2) is 12.4 Å². The lowest BCUT2D eigenvalue weighted by atomic mass is 9.98. The molecule has 2 saturated carbocycles. The molecule has 0 aromatic heterocycles. The fourth-order valence-electron chi connectivity index (χ4n) is 3.18. The fraction of sp³-hybridized carbons (Fsp3) is 0.500. The first-order valence-electron chi connectivity index (χ1n) is 6.17. The van der Waals surface area contributed by atoms with Crippen molar-refractivity contribution in [1.29, 1.82) is 0 Å². The molecule has 1 aromatic carbocycles. The topological polar surface area (TPSA) is 26.3 Å². The average molecular weight is 251 g/mol. The average Bonchev–Trinajstić information content (AvgIpc) is 2.93. The van der Waals surface area contributed by atoms with Gasteiger partial charge < -0.3 is 4.74 Å². The van der Waals surface area contributed by atoms with Crippen LogP contribution < -0.4 is 4.74 Å². The molecular formula is C14H15ClO2. The van der Waals surface area contributed by atoms with E-state index >= 15 is 0 Å². The standard InChI is InChI=1S/C14H15ClO2/c15-12-6-10(8-16)2-4-13(12)17-14-7-9-1-3-11(14)5-9/h2,4,6,8-9,11,14H,1,3,5,7H2. The van der Waals surface area contributed by atoms with Gasteiger partial charge in [-0.05, 0) is 55.7 Å². The number of fused-ring (bicyclic) bond motifs is 2. The van der Waals surface area contributed by atoms with Crippen LogP contribution in [0.5, 0.6) is 5.75 Å². The van der Waals surface area contributed by atoms with Gasteiger partial charge in [-0.1, -0.05) is 11.6 Å². The van der Waals surface area contributed by atoms with Crippen LogP contribution >= 0.6 is 11.6 Å². The zero-order valence-electron chi connectivity index (χ0n) is 9.56. The Labute approximate surface area is 106 Å². The van der Waals surface area contributed by atoms with Crippen molar-refractivity contribution in [3.05, 3.63) is 28.8 Å². The lowest BCUT2D eigenvalue weighted by molar-refractivity contribution is 0.112. The smallest absolute Gasteiger partial charge is 0.150 e. The summed E-state index contributed by atoms with van der Waals surface area (Å²) in [6.07, 6.45) is 6.26. The molecule has 3 rings (SSSR count). The third kappa shape index (κ3) is 2.06. The molecule has 0 radical (unpaired) electrons. The van der Waals surface area contributed by atoms with E-state index in [0.717, 1.165) is 24.4 Å². The Kier molecular flexibility index (Phi) is 2.83. The van der Waals surface area contributed by atoms with Crippen molar-refractivity contribution in [2.24, 2.45) is 11.8 Å². The third-order valence-electron chi connectivity index (χ3n) is 4.04. The number of hydrogen-bond acceptors (Lipinski definition) is 2. The lowest BCUT2D eigenvalue weighted by Crippen LogP contribution is -2.23. The second-order valence-electron chi connectivity index (χ2n) is 5.14. The summed E-state index contributed by atoms with van der Waals surface area (Å²) in [4.78, 5) is 10.6. The molecule has 3 unspecified atom stereocenters. The van der Waals surface area contributed by atoms with Crippen molar-refractivity contribution in [3.8, 4) is 5.75 Å². The van der Waals surface area contributed by atoms with E-state index in [4.69, 9.17) is 16.3 Å². The first-order chi connectivity index (χ1) is 8.26. The Balaban J connectivity index is 1.75. The minimum Gasteiger partial charge on any atom is -0.489 e. The van der Waals surface area contributed by atoms with E-state index < -0.39 is 0 Å². The van der Waals surface area contributed by atoms with Gasteiger partial charge >= 0.3 is 0 Å². The molecule has 2 nitrogen and oxygen atoms in total. The number of carbonyl (C=O) groups excluding carboxylic acids is 1. The highest BCUT2D eigenvalue weighted by Crippen LogP contribution is 2.46. The van der Waals surface area contributed by atoms with Crippen molar-refractivity contribution in [3.63, 3.8) is 0 Å². The zero-order chi connectivity index (χ0) is 11.8. The second-order valence-corrected chi connectivity index (χ2v) is 5.55. The second kappa shape index (κ2) is 4.34. The number of halogens is 1. The minimum absolute atomic E-state index is 0.327. The largest absolute Gasteiger partial charge is 0.489 e. The number of aldehydes is 1. The van der Waals surface area contributed by atoms with Gasteiger partial charge in [-0.15, -0.1) is 0 Å². The summed E-state index contributed by atoms with van der Waals surface area (Å²) < 4.78 is 5.99. The van der Waals surface area contributed by atoms with E-state index in [1.807, 2.05) is 0 Å². The van der Waals surface area contributed by atoms with Crippen molar-refractivity contribution in [2.75, 3.05) is 0 Å². The number of benzene rings is 1. The van der Waals surface area contributed by atoms with Crippen LogP contribution in [0.4, 0.5) is 0 Å². The Bertz CT molecular complexity index is 444. The van der Waals surface area contributed by atoms with Crippen LogP contribution in [0.2, 0.25) is 5.02 Å². The van der Waals surface area contributed by atoms with Crippen LogP contribution in [0.25, 0.3) is 0 Å². The molecule has 2 fully saturated rings. The summed E-state index contributed by atoms with van der Waals surface area (Å²) in [5.41, 5.74) is 0.593. The third-order valence-corrected chi connectivity index (χ3v) is 4.34. The summed E-state index contributed by atoms with van der Waals surface area (Å²) in [6.45, 7) is 0. The van der Waals surface area contributed by atoms with Crippen LogP contribution in [0.15, 0.2) is 18.2 Å². The van der Waals surface area contributed by atoms with Crippen molar-refractivity contribution >= 4 is 17.9 Å². The van der Waals surface area contributed by atoms with Gasteiger partial charge in [0, 0.05) is 5.56 Å². The summed E-state index contributed by atoms with van der Waals surface area (Å²) in [5.74, 6) is 2.29. The van der Waals surface area contributed by atoms with Crippen LogP contribution in [0.3, 0.4) is 0 Å². The molecule has 0 aliphatic heterocycles. The Hall–Kier alpha value is -1.02. The maximum absolute atomic E-state index is 10.6. The number of hydrogen-bond donors (Lipinski definition) is 0. The maximum atomic E-state index is 10.6. The Morgan fingerprint density at radius 1 is 1.29 bits per heavy atom. The summed E-state index contributed by atoms with van der Waals surface area (Å²) in [6, 6.07) is 5.22. The Morgan fingerprint density at radius 2 is 2.18 bits per heavy atom. The van der Waals surface area contributed by atoms with Crippen molar-refractivity contribution in [2.45, 2.75) is 31.8 Å². The van der Waals surface area contributed by atoms with E-state index in [2.05, 4.69) is 0 Å². The van der Waals surface area contributed by atoms with Gasteiger partial charge in [0.15, 0.2) is 0 Å². The van der Waals surface area contributed by atoms with E-state index in [-0.39, 0.29) is 0 Å². The molecule has 0 N–H and O–H groups in total. The molecule has 0 heterocycles. The SMILES string of the molecule is O=Cc1ccc(OC2CC3CCC2C3)c(Cl)c1. The first-order valence-corrected chi connectivity index (χ1v) is 6.55. The molecule has 2 aliphatic carbocycles. The van der Waals surface area contributed by atoms with E-state index in [1.54, 1.807) is 18.2 Å². The van der Waals surface area contributed by atoms with Crippen LogP contribution in [0, 0.1) is 11.8 Å². The molecule has 2 bridgehead atoms. The highest BCUT2D eigenvalue weighted by molar-refractivity contribution is 6.32. The van der Waals surface area contributed by atoms with E-state index in [0.29, 0.717) is 22.6 Å². The minimum atomic E-state index is 0.327. The Morgan fingerprint density at radius 3 is 2.76 bits per heavy atom. The van der Waals surface area contributed by atoms with Gasteiger partial charge in [0.25, 0.3) is 0 Å². The molecule has 1 aromatic rings. The lowest BCUT2D eigenvalue weighted by Gasteiger charge is -2.23. The van der Waals surface area contributed by atoms with Gasteiger partial charge in [0.1, 0.15) is 18.1 Å². The molecular weight excluding hydrogens is 236 g/mol. The zero-order valence-corrected chi connectivity index (χ0v) is 10.3. The van der Waals surface area contributed by atoms with Crippen molar-refractivity contribution < 1.29 is 9.53 Å². The number of rotatable bonds is 3. The molecule has 0 spiro atoms. The molecule has 0 amide bonds. The van der Waals surface area contributed by atoms with Gasteiger partial charge in [-0.25, -0.2) is 0 Å². The normalized spacial score (nSPS) is 30.5. The predicted octanol–water partition coefficient (Wildman–Crippen LogP) is 3.72. The highest BCUT2D eigenvalue weighted by atomic mass is 35.5. The highest BCUT2D eigenvalue weighted by Gasteiger charge is 2.41. The predicted molar refractivity (Wildman–Crippen MR) is 66.7 cm³/mol. The molecule has 0 saturated heterocycles. The monoisotopic (exact) mass is 250 g/mol. The van der Waals surface area contributed by atoms with Gasteiger partial charge in [-0.2, -0.15) is 0 Å². The molecule has 2 aliphatic rings. The van der Waals surface area contributed by atoms with E-state index in [9.17, 15) is 4.79 Å². The maximum Gasteiger partial charge on any atom is 0.150 e. The van der Waals surface area contributed by atoms with E-state index in [1.165, 1.54) is 19.3 Å². The summed E-state index contributed by atoms with van der Waals surface area (Å²) in [5, 5.41) is 0.539. The fourth-order valence-corrected chi connectivity index (χ4v) is 3.41. The summed E-state index contributed by atoms with van der Waals surface area (Å²) >= 11 is 6.10. The molecule has 3 atom stereocenters. The molecule has 90 valence electrons. The van der Waals surface area contributed by atoms with Crippen LogP contribution in [0.1, 0.15) is 36.0 Å². The van der Waals surface area contributed by atoms with Gasteiger partial charge in [0.2, 0.25) is 0 Å². The van der Waals surface area contributed by atoms with Crippen LogP contribution in [-0.2, 0) is 0 Å². The molecule has 17 heavy (non-hydrogen) atoms. The number of ether oxygens (including phenoxy) is 1. The van der Waals surface area contributed by atoms with Gasteiger partial charge in [0.05, 0.1) is 5.02 Å². The molecule has 3 heteroatoms. The summed E-state index contributed by atoms with van der Waals surface area (Å²) in [7, 11) is 0. The van der Waals surface area contributed by atoms with Crippen molar-refractivity contribution in [1.82, 2.24) is 0 Å². The quantitative estimate of drug-likeness (QED) is 0.765. The first kappa shape index (κ1) is 11.1. The van der Waals surface area contributed by atoms with Gasteiger partial charge in [-0.3, -0.25) is 4.79 Å². The number of carbonyl (C=O) groups is 1.